The number of carbonyl (C=O) groups is 2. The molecule has 4 heteroatoms. The Balaban J connectivity index is 0. The van der Waals surface area contributed by atoms with Crippen LogP contribution in [0, 0.1) is 0 Å². The number of aliphatic carboxylic acids is 1. The van der Waals surface area contributed by atoms with Crippen molar-refractivity contribution >= 4 is 12.4 Å². The fourth-order valence-corrected chi connectivity index (χ4v) is 1.15. The first kappa shape index (κ1) is 18.5. The molecule has 0 saturated carbocycles. The monoisotopic (exact) mass is 253 g/mol. The van der Waals surface area contributed by atoms with Gasteiger partial charge in [0.25, 0.3) is 0 Å². The first-order valence-electron chi connectivity index (χ1n) is 6.20. The van der Waals surface area contributed by atoms with Crippen LogP contribution in [0.5, 0.6) is 0 Å². The van der Waals surface area contributed by atoms with Crippen molar-refractivity contribution in [2.75, 3.05) is 0 Å². The van der Waals surface area contributed by atoms with Gasteiger partial charge in [0.1, 0.15) is 6.04 Å². The Morgan fingerprint density at radius 2 is 1.72 bits per heavy atom. The predicted molar refractivity (Wildman–Crippen MR) is 73.5 cm³/mol. The van der Waals surface area contributed by atoms with Crippen LogP contribution in [0.15, 0.2) is 30.3 Å². The minimum atomic E-state index is -1.03. The third-order valence-electron chi connectivity index (χ3n) is 1.85. The van der Waals surface area contributed by atoms with Crippen LogP contribution in [0.3, 0.4) is 0 Å². The summed E-state index contributed by atoms with van der Waals surface area (Å²) in [5.41, 5.74) is 0.884. The molecule has 1 atom stereocenters. The van der Waals surface area contributed by atoms with Gasteiger partial charge in [-0.05, 0) is 5.56 Å². The zero-order chi connectivity index (χ0) is 14.4. The lowest BCUT2D eigenvalue weighted by Crippen LogP contribution is -2.37. The standard InChI is InChI=1S/C10H11NO3.2C2H6/c12-7-11-9(10(13)14)6-8-4-2-1-3-5-8;2*1-2/h1-5,7,9H,6H2,(H,11,12)(H,13,14);2*1-2H3. The predicted octanol–water partition coefficient (Wildman–Crippen LogP) is 2.48. The highest BCUT2D eigenvalue weighted by atomic mass is 16.4. The van der Waals surface area contributed by atoms with Crippen molar-refractivity contribution in [2.45, 2.75) is 40.2 Å². The molecule has 1 amide bonds. The summed E-state index contributed by atoms with van der Waals surface area (Å²) >= 11 is 0. The Kier molecular flexibility index (Phi) is 13.6. The van der Waals surface area contributed by atoms with E-state index in [0.717, 1.165) is 5.56 Å². The smallest absolute Gasteiger partial charge is 0.326 e. The number of hydrogen-bond donors (Lipinski definition) is 2. The molecule has 0 saturated heterocycles. The molecular weight excluding hydrogens is 230 g/mol. The largest absolute Gasteiger partial charge is 0.480 e. The second kappa shape index (κ2) is 13.2. The summed E-state index contributed by atoms with van der Waals surface area (Å²) in [5, 5.41) is 11.0. The maximum atomic E-state index is 10.7. The SMILES string of the molecule is CC.CC.O=CNC(Cc1ccccc1)C(=O)O. The van der Waals surface area contributed by atoms with Crippen molar-refractivity contribution in [3.63, 3.8) is 0 Å². The maximum absolute atomic E-state index is 10.7. The van der Waals surface area contributed by atoms with Gasteiger partial charge in [-0.15, -0.1) is 0 Å². The molecule has 0 fully saturated rings. The topological polar surface area (TPSA) is 66.4 Å². The molecule has 1 aromatic rings. The molecule has 0 aromatic heterocycles. The molecule has 0 spiro atoms. The van der Waals surface area contributed by atoms with Crippen molar-refractivity contribution in [3.8, 4) is 0 Å². The van der Waals surface area contributed by atoms with Crippen LogP contribution in [-0.4, -0.2) is 23.5 Å². The van der Waals surface area contributed by atoms with Gasteiger partial charge in [-0.1, -0.05) is 58.0 Å². The Hall–Kier alpha value is -1.84. The lowest BCUT2D eigenvalue weighted by atomic mass is 10.1. The average molecular weight is 253 g/mol. The summed E-state index contributed by atoms with van der Waals surface area (Å²) in [4.78, 5) is 20.8. The first-order chi connectivity index (χ1) is 8.74. The van der Waals surface area contributed by atoms with Gasteiger partial charge in [0.05, 0.1) is 0 Å². The summed E-state index contributed by atoms with van der Waals surface area (Å²) in [5.74, 6) is -1.03. The van der Waals surface area contributed by atoms with E-state index in [1.165, 1.54) is 0 Å². The van der Waals surface area contributed by atoms with E-state index >= 15 is 0 Å². The number of carboxylic acids is 1. The van der Waals surface area contributed by atoms with Crippen molar-refractivity contribution < 1.29 is 14.7 Å². The fraction of sp³-hybridized carbons (Fsp3) is 0.429. The number of hydrogen-bond acceptors (Lipinski definition) is 2. The van der Waals surface area contributed by atoms with Gasteiger partial charge in [0.15, 0.2) is 0 Å². The van der Waals surface area contributed by atoms with Crippen LogP contribution < -0.4 is 5.32 Å². The third kappa shape index (κ3) is 8.33. The van der Waals surface area contributed by atoms with Crippen LogP contribution >= 0.6 is 0 Å². The van der Waals surface area contributed by atoms with E-state index in [4.69, 9.17) is 5.11 Å². The van der Waals surface area contributed by atoms with Crippen molar-refractivity contribution in [1.82, 2.24) is 5.32 Å². The Morgan fingerprint density at radius 3 is 2.11 bits per heavy atom. The van der Waals surface area contributed by atoms with Gasteiger partial charge in [0.2, 0.25) is 6.41 Å². The molecule has 1 unspecified atom stereocenters. The second-order valence-electron chi connectivity index (χ2n) is 2.87. The summed E-state index contributed by atoms with van der Waals surface area (Å²) < 4.78 is 0. The van der Waals surface area contributed by atoms with E-state index in [1.807, 2.05) is 58.0 Å². The number of amides is 1. The number of carbonyl (C=O) groups excluding carboxylic acids is 1. The number of rotatable bonds is 5. The van der Waals surface area contributed by atoms with Gasteiger partial charge in [-0.25, -0.2) is 4.79 Å². The average Bonchev–Trinajstić information content (AvgIpc) is 2.44. The molecular formula is C14H23NO3. The molecule has 1 aromatic carbocycles. The molecule has 102 valence electrons. The van der Waals surface area contributed by atoms with Crippen LogP contribution in [0.25, 0.3) is 0 Å². The van der Waals surface area contributed by atoms with E-state index in [2.05, 4.69) is 5.32 Å². The second-order valence-corrected chi connectivity index (χ2v) is 2.87. The van der Waals surface area contributed by atoms with E-state index in [-0.39, 0.29) is 0 Å². The highest BCUT2D eigenvalue weighted by molar-refractivity contribution is 5.76. The number of benzene rings is 1. The minimum Gasteiger partial charge on any atom is -0.480 e. The van der Waals surface area contributed by atoms with Gasteiger partial charge in [-0.2, -0.15) is 0 Å². The summed E-state index contributed by atoms with van der Waals surface area (Å²) in [6.45, 7) is 8.00. The molecule has 0 heterocycles. The minimum absolute atomic E-state index is 0.301. The molecule has 0 radical (unpaired) electrons. The van der Waals surface area contributed by atoms with Gasteiger partial charge >= 0.3 is 5.97 Å². The van der Waals surface area contributed by atoms with E-state index in [9.17, 15) is 9.59 Å². The molecule has 1 rings (SSSR count). The lowest BCUT2D eigenvalue weighted by Gasteiger charge is -2.10. The number of carboxylic acid groups (broad SMARTS) is 1. The lowest BCUT2D eigenvalue weighted by molar-refractivity contribution is -0.140. The van der Waals surface area contributed by atoms with E-state index < -0.39 is 12.0 Å². The van der Waals surface area contributed by atoms with Gasteiger partial charge in [-0.3, -0.25) is 4.79 Å². The molecule has 0 aliphatic carbocycles. The quantitative estimate of drug-likeness (QED) is 0.792. The zero-order valence-electron chi connectivity index (χ0n) is 11.5. The summed E-state index contributed by atoms with van der Waals surface area (Å²) in [6.07, 6.45) is 0.705. The highest BCUT2D eigenvalue weighted by Crippen LogP contribution is 2.02. The Bertz CT molecular complexity index is 312. The molecule has 0 bridgehead atoms. The molecule has 18 heavy (non-hydrogen) atoms. The number of nitrogens with one attached hydrogen (secondary N) is 1. The summed E-state index contributed by atoms with van der Waals surface area (Å²) in [6, 6.07) is 8.30. The summed E-state index contributed by atoms with van der Waals surface area (Å²) in [7, 11) is 0. The maximum Gasteiger partial charge on any atom is 0.326 e. The van der Waals surface area contributed by atoms with Crippen molar-refractivity contribution in [1.29, 1.82) is 0 Å². The van der Waals surface area contributed by atoms with E-state index in [1.54, 1.807) is 0 Å². The normalized spacial score (nSPS) is 9.78. The highest BCUT2D eigenvalue weighted by Gasteiger charge is 2.15. The Morgan fingerprint density at radius 1 is 1.22 bits per heavy atom. The van der Waals surface area contributed by atoms with Crippen LogP contribution in [0.2, 0.25) is 0 Å². The van der Waals surface area contributed by atoms with Crippen LogP contribution in [0.1, 0.15) is 33.3 Å². The molecule has 0 aliphatic rings. The molecule has 0 aliphatic heterocycles. The van der Waals surface area contributed by atoms with Gasteiger partial charge in [0, 0.05) is 6.42 Å². The van der Waals surface area contributed by atoms with Gasteiger partial charge < -0.3 is 10.4 Å². The van der Waals surface area contributed by atoms with Crippen molar-refractivity contribution in [3.05, 3.63) is 35.9 Å². The van der Waals surface area contributed by atoms with Crippen LogP contribution in [0.4, 0.5) is 0 Å². The fourth-order valence-electron chi connectivity index (χ4n) is 1.15. The zero-order valence-corrected chi connectivity index (χ0v) is 11.5. The first-order valence-corrected chi connectivity index (χ1v) is 6.20. The molecule has 4 nitrogen and oxygen atoms in total. The molecule has 2 N–H and O–H groups in total. The van der Waals surface area contributed by atoms with E-state index in [0.29, 0.717) is 12.8 Å². The third-order valence-corrected chi connectivity index (χ3v) is 1.85. The Labute approximate surface area is 109 Å². The van der Waals surface area contributed by atoms with Crippen molar-refractivity contribution in [2.24, 2.45) is 0 Å². The van der Waals surface area contributed by atoms with Crippen LogP contribution in [-0.2, 0) is 16.0 Å².